The van der Waals surface area contributed by atoms with Crippen molar-refractivity contribution in [1.29, 1.82) is 0 Å². The Morgan fingerprint density at radius 1 is 1.29 bits per heavy atom. The second kappa shape index (κ2) is 4.30. The third kappa shape index (κ3) is 2.53. The summed E-state index contributed by atoms with van der Waals surface area (Å²) in [6.07, 6.45) is 2.58. The van der Waals surface area contributed by atoms with E-state index in [1.54, 1.807) is 0 Å². The summed E-state index contributed by atoms with van der Waals surface area (Å²) in [5, 5.41) is 10.6. The summed E-state index contributed by atoms with van der Waals surface area (Å²) in [6.45, 7) is 2.86. The summed E-state index contributed by atoms with van der Waals surface area (Å²) >= 11 is 0. The van der Waals surface area contributed by atoms with Crippen LogP contribution >= 0.6 is 0 Å². The number of nitrogens with zero attached hydrogens (tertiary/aromatic N) is 2. The number of benzene rings is 1. The minimum absolute atomic E-state index is 0.697. The molecule has 1 aliphatic carbocycles. The molecule has 1 aromatic carbocycles. The number of hydrogen-bond donors (Lipinski definition) is 2. The second-order valence-electron chi connectivity index (χ2n) is 4.63. The molecule has 1 heterocycles. The molecule has 0 saturated heterocycles. The summed E-state index contributed by atoms with van der Waals surface area (Å²) in [5.74, 6) is 1.69. The Kier molecular flexibility index (Phi) is 2.65. The summed E-state index contributed by atoms with van der Waals surface area (Å²) < 4.78 is 0. The van der Waals surface area contributed by atoms with Gasteiger partial charge in [-0.05, 0) is 19.8 Å². The van der Waals surface area contributed by atoms with E-state index in [9.17, 15) is 0 Å². The molecule has 0 spiro atoms. The largest absolute Gasteiger partial charge is 0.307 e. The molecule has 0 amide bonds. The molecular formula is C13H16N4. The number of nitrogens with one attached hydrogen (secondary N) is 2. The normalized spacial score (nSPS) is 15.1. The van der Waals surface area contributed by atoms with E-state index >= 15 is 0 Å². The lowest BCUT2D eigenvalue weighted by Gasteiger charge is -1.97. The molecule has 1 fully saturated rings. The van der Waals surface area contributed by atoms with Gasteiger partial charge in [0, 0.05) is 11.6 Å². The molecule has 1 saturated carbocycles. The third-order valence-electron chi connectivity index (χ3n) is 2.98. The molecule has 17 heavy (non-hydrogen) atoms. The number of aryl methyl sites for hydroxylation is 1. The monoisotopic (exact) mass is 228 g/mol. The molecule has 0 aliphatic heterocycles. The molecule has 0 bridgehead atoms. The van der Waals surface area contributed by atoms with Crippen LogP contribution in [-0.2, 0) is 6.54 Å². The Morgan fingerprint density at radius 3 is 2.76 bits per heavy atom. The van der Waals surface area contributed by atoms with Gasteiger partial charge in [-0.1, -0.05) is 29.8 Å². The summed E-state index contributed by atoms with van der Waals surface area (Å²) in [7, 11) is 0. The maximum absolute atomic E-state index is 4.48. The highest BCUT2D eigenvalue weighted by atomic mass is 15.2. The Hall–Kier alpha value is -1.68. The highest BCUT2D eigenvalue weighted by molar-refractivity contribution is 5.54. The smallest absolute Gasteiger partial charge is 0.181 e. The van der Waals surface area contributed by atoms with Crippen molar-refractivity contribution in [3.05, 3.63) is 35.7 Å². The van der Waals surface area contributed by atoms with Gasteiger partial charge < -0.3 is 5.32 Å². The highest BCUT2D eigenvalue weighted by Crippen LogP contribution is 2.19. The molecule has 2 N–H and O–H groups in total. The molecule has 0 unspecified atom stereocenters. The molecule has 3 rings (SSSR count). The van der Waals surface area contributed by atoms with E-state index in [0.717, 1.165) is 23.8 Å². The van der Waals surface area contributed by atoms with Crippen LogP contribution in [0.4, 0.5) is 0 Å². The first kappa shape index (κ1) is 10.5. The fourth-order valence-electron chi connectivity index (χ4n) is 1.73. The highest BCUT2D eigenvalue weighted by Gasteiger charge is 2.20. The van der Waals surface area contributed by atoms with Crippen molar-refractivity contribution in [3.8, 4) is 11.4 Å². The van der Waals surface area contributed by atoms with Gasteiger partial charge in [-0.2, -0.15) is 5.10 Å². The zero-order valence-corrected chi connectivity index (χ0v) is 9.90. The standard InChI is InChI=1S/C13H16N4/c1-9-2-4-10(5-3-9)13-15-12(16-17-13)8-14-11-6-7-11/h2-5,11,14H,6-8H2,1H3,(H,15,16,17). The first-order valence-electron chi connectivity index (χ1n) is 6.03. The zero-order valence-electron chi connectivity index (χ0n) is 9.90. The number of H-pyrrole nitrogens is 1. The van der Waals surface area contributed by atoms with Crippen molar-refractivity contribution in [2.45, 2.75) is 32.4 Å². The Morgan fingerprint density at radius 2 is 2.06 bits per heavy atom. The summed E-state index contributed by atoms with van der Waals surface area (Å²) in [6, 6.07) is 8.96. The van der Waals surface area contributed by atoms with Crippen LogP contribution in [-0.4, -0.2) is 21.2 Å². The maximum Gasteiger partial charge on any atom is 0.181 e. The molecule has 0 radical (unpaired) electrons. The van der Waals surface area contributed by atoms with E-state index in [4.69, 9.17) is 0 Å². The molecule has 1 aromatic heterocycles. The van der Waals surface area contributed by atoms with Crippen molar-refractivity contribution in [2.75, 3.05) is 0 Å². The average molecular weight is 228 g/mol. The van der Waals surface area contributed by atoms with Gasteiger partial charge in [0.1, 0.15) is 5.82 Å². The van der Waals surface area contributed by atoms with Gasteiger partial charge in [0.05, 0.1) is 6.54 Å². The van der Waals surface area contributed by atoms with Crippen LogP contribution in [0.15, 0.2) is 24.3 Å². The van der Waals surface area contributed by atoms with E-state index in [1.165, 1.54) is 18.4 Å². The van der Waals surface area contributed by atoms with Crippen LogP contribution in [0.25, 0.3) is 11.4 Å². The molecule has 2 aromatic rings. The van der Waals surface area contributed by atoms with E-state index in [-0.39, 0.29) is 0 Å². The van der Waals surface area contributed by atoms with Crippen LogP contribution in [0.1, 0.15) is 24.2 Å². The fraction of sp³-hybridized carbons (Fsp3) is 0.385. The van der Waals surface area contributed by atoms with Gasteiger partial charge in [0.2, 0.25) is 0 Å². The fourth-order valence-corrected chi connectivity index (χ4v) is 1.73. The summed E-state index contributed by atoms with van der Waals surface area (Å²) in [5.41, 5.74) is 2.31. The van der Waals surface area contributed by atoms with E-state index < -0.39 is 0 Å². The van der Waals surface area contributed by atoms with Crippen LogP contribution in [0.3, 0.4) is 0 Å². The maximum atomic E-state index is 4.48. The molecule has 0 atom stereocenters. The topological polar surface area (TPSA) is 53.6 Å². The lowest BCUT2D eigenvalue weighted by molar-refractivity contribution is 0.660. The first-order valence-corrected chi connectivity index (χ1v) is 6.03. The Labute approximate surface area is 100 Å². The van der Waals surface area contributed by atoms with Crippen LogP contribution < -0.4 is 5.32 Å². The average Bonchev–Trinajstić information content (AvgIpc) is 3.06. The number of aromatic amines is 1. The van der Waals surface area contributed by atoms with Crippen molar-refractivity contribution >= 4 is 0 Å². The van der Waals surface area contributed by atoms with Crippen LogP contribution in [0, 0.1) is 6.92 Å². The van der Waals surface area contributed by atoms with Crippen molar-refractivity contribution in [3.63, 3.8) is 0 Å². The minimum Gasteiger partial charge on any atom is -0.307 e. The number of hydrogen-bond acceptors (Lipinski definition) is 3. The zero-order chi connectivity index (χ0) is 11.7. The Bertz CT molecular complexity index is 496. The molecule has 4 heteroatoms. The van der Waals surface area contributed by atoms with E-state index in [1.807, 2.05) is 0 Å². The predicted molar refractivity (Wildman–Crippen MR) is 66.4 cm³/mol. The molecule has 88 valence electrons. The SMILES string of the molecule is Cc1ccc(-c2n[nH]c(CNC3CC3)n2)cc1. The van der Waals surface area contributed by atoms with Crippen molar-refractivity contribution in [1.82, 2.24) is 20.5 Å². The second-order valence-corrected chi connectivity index (χ2v) is 4.63. The van der Waals surface area contributed by atoms with E-state index in [2.05, 4.69) is 51.7 Å². The van der Waals surface area contributed by atoms with Crippen molar-refractivity contribution in [2.24, 2.45) is 0 Å². The predicted octanol–water partition coefficient (Wildman–Crippen LogP) is 2.03. The first-order chi connectivity index (χ1) is 8.31. The van der Waals surface area contributed by atoms with Gasteiger partial charge in [-0.15, -0.1) is 0 Å². The molecular weight excluding hydrogens is 212 g/mol. The van der Waals surface area contributed by atoms with E-state index in [0.29, 0.717) is 6.04 Å². The van der Waals surface area contributed by atoms with Crippen LogP contribution in [0.5, 0.6) is 0 Å². The lowest BCUT2D eigenvalue weighted by atomic mass is 10.1. The van der Waals surface area contributed by atoms with Gasteiger partial charge in [-0.3, -0.25) is 5.10 Å². The minimum atomic E-state index is 0.697. The number of rotatable bonds is 4. The van der Waals surface area contributed by atoms with Crippen molar-refractivity contribution < 1.29 is 0 Å². The summed E-state index contributed by atoms with van der Waals surface area (Å²) in [4.78, 5) is 4.48. The molecule has 4 nitrogen and oxygen atoms in total. The lowest BCUT2D eigenvalue weighted by Crippen LogP contribution is -2.16. The quantitative estimate of drug-likeness (QED) is 0.842. The number of aromatic nitrogens is 3. The Balaban J connectivity index is 1.72. The van der Waals surface area contributed by atoms with Gasteiger partial charge in [0.15, 0.2) is 5.82 Å². The van der Waals surface area contributed by atoms with Gasteiger partial charge >= 0.3 is 0 Å². The third-order valence-corrected chi connectivity index (χ3v) is 2.98. The van der Waals surface area contributed by atoms with Crippen LogP contribution in [0.2, 0.25) is 0 Å². The molecule has 1 aliphatic rings. The van der Waals surface area contributed by atoms with Gasteiger partial charge in [0.25, 0.3) is 0 Å². The van der Waals surface area contributed by atoms with Gasteiger partial charge in [-0.25, -0.2) is 4.98 Å².